The standard InChI is InChI=1S/C5H10O3/c1-4(7)2-5(8)3-6/h5-6,8H,2-3H2,1H3/t5-/m1/s1. The zero-order valence-electron chi connectivity index (χ0n) is 4.79. The predicted molar refractivity (Wildman–Crippen MR) is 28.4 cm³/mol. The molecule has 2 N–H and O–H groups in total. The molecule has 0 bridgehead atoms. The topological polar surface area (TPSA) is 57.5 Å². The zero-order chi connectivity index (χ0) is 6.57. The molecule has 0 unspecified atom stereocenters. The molecule has 0 saturated heterocycles. The Bertz CT molecular complexity index is 79.7. The molecule has 48 valence electrons. The Morgan fingerprint density at radius 1 is 1.75 bits per heavy atom. The van der Waals surface area contributed by atoms with E-state index in [4.69, 9.17) is 10.2 Å². The summed E-state index contributed by atoms with van der Waals surface area (Å²) in [6, 6.07) is 0. The Morgan fingerprint density at radius 3 is 2.38 bits per heavy atom. The fraction of sp³-hybridized carbons (Fsp3) is 0.800. The highest BCUT2D eigenvalue weighted by atomic mass is 16.3. The van der Waals surface area contributed by atoms with Gasteiger partial charge in [0, 0.05) is 6.42 Å². The van der Waals surface area contributed by atoms with Crippen LogP contribution in [0.15, 0.2) is 0 Å². The van der Waals surface area contributed by atoms with Crippen LogP contribution in [0.2, 0.25) is 0 Å². The number of hydrogen-bond donors (Lipinski definition) is 2. The van der Waals surface area contributed by atoms with Crippen molar-refractivity contribution in [2.75, 3.05) is 6.61 Å². The van der Waals surface area contributed by atoms with E-state index in [2.05, 4.69) is 0 Å². The third-order valence-electron chi connectivity index (χ3n) is 0.734. The Balaban J connectivity index is 3.24. The van der Waals surface area contributed by atoms with Gasteiger partial charge in [-0.1, -0.05) is 0 Å². The molecular weight excluding hydrogens is 108 g/mol. The van der Waals surface area contributed by atoms with Crippen molar-refractivity contribution >= 4 is 5.78 Å². The Kier molecular flexibility index (Phi) is 3.39. The Morgan fingerprint density at radius 2 is 2.25 bits per heavy atom. The van der Waals surface area contributed by atoms with Gasteiger partial charge in [-0.25, -0.2) is 0 Å². The number of Topliss-reactive ketones (excluding diaryl/α,β-unsaturated/α-hetero) is 1. The van der Waals surface area contributed by atoms with Crippen LogP contribution in [-0.2, 0) is 4.79 Å². The quantitative estimate of drug-likeness (QED) is 0.516. The lowest BCUT2D eigenvalue weighted by Crippen LogP contribution is -2.15. The largest absolute Gasteiger partial charge is 0.394 e. The molecule has 0 aliphatic rings. The third-order valence-corrected chi connectivity index (χ3v) is 0.734. The summed E-state index contributed by atoms with van der Waals surface area (Å²) in [6.07, 6.45) is -0.816. The number of aliphatic hydroxyl groups excluding tert-OH is 2. The van der Waals surface area contributed by atoms with Crippen LogP contribution in [0.5, 0.6) is 0 Å². The van der Waals surface area contributed by atoms with Crippen molar-refractivity contribution in [2.24, 2.45) is 0 Å². The second-order valence-corrected chi connectivity index (χ2v) is 1.74. The molecule has 0 heterocycles. The molecule has 0 amide bonds. The van der Waals surface area contributed by atoms with Crippen molar-refractivity contribution in [3.63, 3.8) is 0 Å². The minimum atomic E-state index is -0.868. The van der Waals surface area contributed by atoms with Crippen LogP contribution < -0.4 is 0 Å². The molecule has 0 spiro atoms. The van der Waals surface area contributed by atoms with E-state index in [1.54, 1.807) is 0 Å². The summed E-state index contributed by atoms with van der Waals surface area (Å²) in [6.45, 7) is 1.04. The summed E-state index contributed by atoms with van der Waals surface area (Å²) < 4.78 is 0. The molecule has 0 radical (unpaired) electrons. The number of aliphatic hydroxyl groups is 2. The molecule has 0 aromatic carbocycles. The number of rotatable bonds is 3. The van der Waals surface area contributed by atoms with Crippen LogP contribution in [0.1, 0.15) is 13.3 Å². The number of hydrogen-bond acceptors (Lipinski definition) is 3. The molecule has 0 aliphatic heterocycles. The van der Waals surface area contributed by atoms with Gasteiger partial charge < -0.3 is 10.2 Å². The molecular formula is C5H10O3. The molecule has 0 aliphatic carbocycles. The first kappa shape index (κ1) is 7.59. The Hall–Kier alpha value is -0.410. The lowest BCUT2D eigenvalue weighted by Gasteiger charge is -2.00. The van der Waals surface area contributed by atoms with Crippen molar-refractivity contribution in [1.82, 2.24) is 0 Å². The average molecular weight is 118 g/mol. The van der Waals surface area contributed by atoms with Gasteiger partial charge in [-0.3, -0.25) is 4.79 Å². The summed E-state index contributed by atoms with van der Waals surface area (Å²) in [4.78, 5) is 10.1. The first-order chi connectivity index (χ1) is 3.66. The van der Waals surface area contributed by atoms with Crippen LogP contribution in [0.4, 0.5) is 0 Å². The molecule has 0 saturated carbocycles. The highest BCUT2D eigenvalue weighted by Gasteiger charge is 2.03. The van der Waals surface area contributed by atoms with E-state index in [0.29, 0.717) is 0 Å². The second-order valence-electron chi connectivity index (χ2n) is 1.74. The average Bonchev–Trinajstić information content (AvgIpc) is 1.65. The molecule has 8 heavy (non-hydrogen) atoms. The lowest BCUT2D eigenvalue weighted by atomic mass is 10.2. The van der Waals surface area contributed by atoms with Gasteiger partial charge in [-0.15, -0.1) is 0 Å². The molecule has 0 aromatic rings. The van der Waals surface area contributed by atoms with E-state index in [1.165, 1.54) is 6.92 Å². The minimum Gasteiger partial charge on any atom is -0.394 e. The smallest absolute Gasteiger partial charge is 0.132 e. The van der Waals surface area contributed by atoms with Gasteiger partial charge in [0.05, 0.1) is 12.7 Å². The van der Waals surface area contributed by atoms with Crippen LogP contribution >= 0.6 is 0 Å². The van der Waals surface area contributed by atoms with Crippen molar-refractivity contribution < 1.29 is 15.0 Å². The van der Waals surface area contributed by atoms with Gasteiger partial charge in [0.1, 0.15) is 5.78 Å². The maximum Gasteiger partial charge on any atom is 0.132 e. The summed E-state index contributed by atoms with van der Waals surface area (Å²) in [5.74, 6) is -0.105. The number of carbonyl (C=O) groups excluding carboxylic acids is 1. The third kappa shape index (κ3) is 3.77. The van der Waals surface area contributed by atoms with E-state index in [1.807, 2.05) is 0 Å². The second kappa shape index (κ2) is 3.57. The monoisotopic (exact) mass is 118 g/mol. The summed E-state index contributed by atoms with van der Waals surface area (Å²) in [7, 11) is 0. The van der Waals surface area contributed by atoms with E-state index in [9.17, 15) is 4.79 Å². The van der Waals surface area contributed by atoms with Gasteiger partial charge in [0.2, 0.25) is 0 Å². The van der Waals surface area contributed by atoms with E-state index in [0.717, 1.165) is 0 Å². The summed E-state index contributed by atoms with van der Waals surface area (Å²) in [5, 5.41) is 16.7. The summed E-state index contributed by atoms with van der Waals surface area (Å²) >= 11 is 0. The zero-order valence-corrected chi connectivity index (χ0v) is 4.79. The summed E-state index contributed by atoms with van der Waals surface area (Å²) in [5.41, 5.74) is 0. The van der Waals surface area contributed by atoms with Gasteiger partial charge in [0.25, 0.3) is 0 Å². The Labute approximate surface area is 47.9 Å². The van der Waals surface area contributed by atoms with Crippen LogP contribution in [0.3, 0.4) is 0 Å². The molecule has 0 rings (SSSR count). The first-order valence-electron chi connectivity index (χ1n) is 2.45. The highest BCUT2D eigenvalue weighted by Crippen LogP contribution is 1.88. The lowest BCUT2D eigenvalue weighted by molar-refractivity contribution is -0.119. The van der Waals surface area contributed by atoms with Gasteiger partial charge in [-0.05, 0) is 6.92 Å². The van der Waals surface area contributed by atoms with Crippen molar-refractivity contribution in [3.8, 4) is 0 Å². The van der Waals surface area contributed by atoms with Crippen LogP contribution in [0, 0.1) is 0 Å². The number of ketones is 1. The molecule has 3 heteroatoms. The van der Waals surface area contributed by atoms with Gasteiger partial charge in [0.15, 0.2) is 0 Å². The van der Waals surface area contributed by atoms with Crippen molar-refractivity contribution in [2.45, 2.75) is 19.4 Å². The van der Waals surface area contributed by atoms with Crippen LogP contribution in [-0.4, -0.2) is 28.7 Å². The molecule has 0 fully saturated rings. The fourth-order valence-electron chi connectivity index (χ4n) is 0.396. The van der Waals surface area contributed by atoms with Crippen molar-refractivity contribution in [1.29, 1.82) is 0 Å². The molecule has 3 nitrogen and oxygen atoms in total. The normalized spacial score (nSPS) is 13.4. The predicted octanol–water partition coefficient (Wildman–Crippen LogP) is -0.681. The van der Waals surface area contributed by atoms with Gasteiger partial charge >= 0.3 is 0 Å². The first-order valence-corrected chi connectivity index (χ1v) is 2.45. The fourth-order valence-corrected chi connectivity index (χ4v) is 0.396. The van der Waals surface area contributed by atoms with Crippen molar-refractivity contribution in [3.05, 3.63) is 0 Å². The SMILES string of the molecule is CC(=O)C[C@@H](O)CO. The van der Waals surface area contributed by atoms with Gasteiger partial charge in [-0.2, -0.15) is 0 Å². The maximum absolute atomic E-state index is 10.1. The van der Waals surface area contributed by atoms with E-state index in [-0.39, 0.29) is 18.8 Å². The maximum atomic E-state index is 10.1. The number of carbonyl (C=O) groups is 1. The van der Waals surface area contributed by atoms with Crippen LogP contribution in [0.25, 0.3) is 0 Å². The van der Waals surface area contributed by atoms with E-state index < -0.39 is 6.10 Å². The molecule has 1 atom stereocenters. The van der Waals surface area contributed by atoms with E-state index >= 15 is 0 Å². The minimum absolute atomic E-state index is 0.0521. The highest BCUT2D eigenvalue weighted by molar-refractivity contribution is 5.75. The molecule has 0 aromatic heterocycles.